The van der Waals surface area contributed by atoms with Crippen molar-refractivity contribution in [3.63, 3.8) is 0 Å². The number of rotatable bonds is 5. The van der Waals surface area contributed by atoms with Gasteiger partial charge in [0.25, 0.3) is 5.56 Å². The van der Waals surface area contributed by atoms with Crippen molar-refractivity contribution in [1.82, 2.24) is 9.97 Å². The molecule has 0 aliphatic heterocycles. The van der Waals surface area contributed by atoms with Gasteiger partial charge in [0.15, 0.2) is 11.3 Å². The summed E-state index contributed by atoms with van der Waals surface area (Å²) in [6, 6.07) is 8.49. The molecule has 1 atom stereocenters. The van der Waals surface area contributed by atoms with Crippen LogP contribution in [0.15, 0.2) is 34.2 Å². The van der Waals surface area contributed by atoms with Gasteiger partial charge >= 0.3 is 5.97 Å². The molecule has 1 unspecified atom stereocenters. The van der Waals surface area contributed by atoms with Crippen LogP contribution >= 0.6 is 11.8 Å². The van der Waals surface area contributed by atoms with E-state index in [-0.39, 0.29) is 5.56 Å². The van der Waals surface area contributed by atoms with Gasteiger partial charge in [-0.25, -0.2) is 9.78 Å². The van der Waals surface area contributed by atoms with E-state index in [0.717, 1.165) is 0 Å². The van der Waals surface area contributed by atoms with Gasteiger partial charge in [0.1, 0.15) is 17.4 Å². The Bertz CT molecular complexity index is 840. The molecule has 8 heteroatoms. The van der Waals surface area contributed by atoms with E-state index in [2.05, 4.69) is 14.7 Å². The Morgan fingerprint density at radius 3 is 2.58 bits per heavy atom. The van der Waals surface area contributed by atoms with Crippen LogP contribution < -0.4 is 10.3 Å². The highest BCUT2D eigenvalue weighted by Crippen LogP contribution is 2.24. The highest BCUT2D eigenvalue weighted by Gasteiger charge is 2.16. The zero-order chi connectivity index (χ0) is 17.7. The maximum Gasteiger partial charge on any atom is 0.346 e. The van der Waals surface area contributed by atoms with Crippen molar-refractivity contribution < 1.29 is 14.3 Å². The Morgan fingerprint density at radius 2 is 2.04 bits per heavy atom. The largest absolute Gasteiger partial charge is 0.479 e. The van der Waals surface area contributed by atoms with E-state index in [1.54, 1.807) is 37.4 Å². The quantitative estimate of drug-likeness (QED) is 0.502. The molecule has 0 bridgehead atoms. The van der Waals surface area contributed by atoms with Crippen molar-refractivity contribution in [3.05, 3.63) is 40.2 Å². The third-order valence-electron chi connectivity index (χ3n) is 3.18. The molecule has 1 aromatic carbocycles. The van der Waals surface area contributed by atoms with Gasteiger partial charge in [-0.15, -0.1) is 0 Å². The number of esters is 1. The second kappa shape index (κ2) is 7.66. The monoisotopic (exact) mass is 345 g/mol. The fourth-order valence-corrected chi connectivity index (χ4v) is 2.35. The number of nitrogens with zero attached hydrogens (tertiary/aromatic N) is 2. The predicted octanol–water partition coefficient (Wildman–Crippen LogP) is 1.97. The predicted molar refractivity (Wildman–Crippen MR) is 88.9 cm³/mol. The van der Waals surface area contributed by atoms with Gasteiger partial charge < -0.3 is 14.5 Å². The molecule has 1 aromatic heterocycles. The van der Waals surface area contributed by atoms with Crippen LogP contribution in [-0.4, -0.2) is 35.4 Å². The zero-order valence-electron chi connectivity index (χ0n) is 13.3. The van der Waals surface area contributed by atoms with Crippen LogP contribution in [0.2, 0.25) is 0 Å². The first-order chi connectivity index (χ1) is 11.5. The summed E-state index contributed by atoms with van der Waals surface area (Å²) in [5.41, 5.74) is 0.375. The number of nitrogens with one attached hydrogen (secondary N) is 1. The smallest absolute Gasteiger partial charge is 0.346 e. The van der Waals surface area contributed by atoms with Crippen molar-refractivity contribution in [1.29, 1.82) is 5.26 Å². The molecular weight excluding hydrogens is 330 g/mol. The van der Waals surface area contributed by atoms with Gasteiger partial charge in [-0.05, 0) is 37.4 Å². The first-order valence-electron chi connectivity index (χ1n) is 6.93. The Morgan fingerprint density at radius 1 is 1.38 bits per heavy atom. The number of carbonyl (C=O) groups excluding carboxylic acids is 1. The standard InChI is InChI=1S/C16H15N3O4S/c1-9(15(21)22-2)23-11-6-4-10(5-7-11)13-12(8-17)14(20)19-16(18-13)24-3/h4-7,9H,1-3H3,(H,18,19,20). The maximum atomic E-state index is 11.9. The van der Waals surface area contributed by atoms with E-state index in [0.29, 0.717) is 22.2 Å². The fourth-order valence-electron chi connectivity index (χ4n) is 1.97. The van der Waals surface area contributed by atoms with Gasteiger partial charge in [0.2, 0.25) is 0 Å². The number of carbonyl (C=O) groups is 1. The number of thioether (sulfide) groups is 1. The summed E-state index contributed by atoms with van der Waals surface area (Å²) in [6.07, 6.45) is 1.04. The van der Waals surface area contributed by atoms with Gasteiger partial charge in [0, 0.05) is 5.56 Å². The molecule has 1 heterocycles. The van der Waals surface area contributed by atoms with Crippen LogP contribution in [0.3, 0.4) is 0 Å². The molecule has 2 rings (SSSR count). The van der Waals surface area contributed by atoms with E-state index in [1.807, 2.05) is 6.07 Å². The lowest BCUT2D eigenvalue weighted by Gasteiger charge is -2.12. The summed E-state index contributed by atoms with van der Waals surface area (Å²) in [7, 11) is 1.29. The average molecular weight is 345 g/mol. The molecule has 0 fully saturated rings. The molecule has 0 spiro atoms. The van der Waals surface area contributed by atoms with Crippen molar-refractivity contribution in [2.75, 3.05) is 13.4 Å². The summed E-state index contributed by atoms with van der Waals surface area (Å²) in [5, 5.41) is 9.62. The number of hydrogen-bond donors (Lipinski definition) is 1. The summed E-state index contributed by atoms with van der Waals surface area (Å²) in [4.78, 5) is 30.1. The Balaban J connectivity index is 2.35. The average Bonchev–Trinajstić information content (AvgIpc) is 2.60. The molecule has 0 radical (unpaired) electrons. The molecule has 0 saturated heterocycles. The van der Waals surface area contributed by atoms with Crippen molar-refractivity contribution in [2.45, 2.75) is 18.2 Å². The molecule has 0 saturated carbocycles. The molecular formula is C16H15N3O4S. The zero-order valence-corrected chi connectivity index (χ0v) is 14.1. The van der Waals surface area contributed by atoms with Crippen molar-refractivity contribution >= 4 is 17.7 Å². The Hall–Kier alpha value is -2.79. The number of H-pyrrole nitrogens is 1. The number of aromatic amines is 1. The minimum absolute atomic E-state index is 0.0515. The third-order valence-corrected chi connectivity index (χ3v) is 3.76. The van der Waals surface area contributed by atoms with E-state index < -0.39 is 17.6 Å². The summed E-state index contributed by atoms with van der Waals surface area (Å²) >= 11 is 1.28. The molecule has 24 heavy (non-hydrogen) atoms. The molecule has 0 amide bonds. The minimum Gasteiger partial charge on any atom is -0.479 e. The summed E-state index contributed by atoms with van der Waals surface area (Å²) < 4.78 is 10.0. The topological polar surface area (TPSA) is 105 Å². The lowest BCUT2D eigenvalue weighted by Crippen LogP contribution is -2.24. The Labute approximate surface area is 142 Å². The van der Waals surface area contributed by atoms with Gasteiger partial charge in [-0.1, -0.05) is 11.8 Å². The Kier molecular flexibility index (Phi) is 5.60. The lowest BCUT2D eigenvalue weighted by molar-refractivity contribution is -0.147. The second-order valence-electron chi connectivity index (χ2n) is 4.72. The SMILES string of the molecule is COC(=O)C(C)Oc1ccc(-c2nc(SC)[nH]c(=O)c2C#N)cc1. The number of ether oxygens (including phenoxy) is 2. The highest BCUT2D eigenvalue weighted by atomic mass is 32.2. The first kappa shape index (κ1) is 17.6. The number of nitriles is 1. The molecule has 0 aliphatic carbocycles. The summed E-state index contributed by atoms with van der Waals surface area (Å²) in [5.74, 6) is -0.0168. The van der Waals surface area contributed by atoms with Gasteiger partial charge in [0.05, 0.1) is 12.8 Å². The first-order valence-corrected chi connectivity index (χ1v) is 8.16. The number of benzene rings is 1. The third kappa shape index (κ3) is 3.75. The van der Waals surface area contributed by atoms with Gasteiger partial charge in [-0.3, -0.25) is 4.79 Å². The van der Waals surface area contributed by atoms with Crippen LogP contribution in [-0.2, 0) is 9.53 Å². The van der Waals surface area contributed by atoms with Crippen LogP contribution in [0.25, 0.3) is 11.3 Å². The number of methoxy groups -OCH3 is 1. The van der Waals surface area contributed by atoms with Crippen molar-refractivity contribution in [3.8, 4) is 23.1 Å². The minimum atomic E-state index is -0.740. The molecule has 1 N–H and O–H groups in total. The molecule has 2 aromatic rings. The van der Waals surface area contributed by atoms with Crippen molar-refractivity contribution in [2.24, 2.45) is 0 Å². The number of aromatic nitrogens is 2. The van der Waals surface area contributed by atoms with E-state index in [4.69, 9.17) is 4.74 Å². The number of hydrogen-bond acceptors (Lipinski definition) is 7. The second-order valence-corrected chi connectivity index (χ2v) is 5.51. The van der Waals surface area contributed by atoms with Crippen LogP contribution in [0.4, 0.5) is 0 Å². The van der Waals surface area contributed by atoms with Crippen LogP contribution in [0.1, 0.15) is 12.5 Å². The lowest BCUT2D eigenvalue weighted by atomic mass is 10.1. The highest BCUT2D eigenvalue weighted by molar-refractivity contribution is 7.98. The normalized spacial score (nSPS) is 11.4. The van der Waals surface area contributed by atoms with Gasteiger partial charge in [-0.2, -0.15) is 5.26 Å². The van der Waals surface area contributed by atoms with E-state index in [1.165, 1.54) is 18.9 Å². The maximum absolute atomic E-state index is 11.9. The molecule has 0 aliphatic rings. The fraction of sp³-hybridized carbons (Fsp3) is 0.250. The van der Waals surface area contributed by atoms with E-state index >= 15 is 0 Å². The molecule has 124 valence electrons. The molecule has 7 nitrogen and oxygen atoms in total. The van der Waals surface area contributed by atoms with E-state index in [9.17, 15) is 14.9 Å². The van der Waals surface area contributed by atoms with Crippen LogP contribution in [0, 0.1) is 11.3 Å². The van der Waals surface area contributed by atoms with Crippen LogP contribution in [0.5, 0.6) is 5.75 Å². The summed E-state index contributed by atoms with van der Waals surface area (Å²) in [6.45, 7) is 1.58.